The van der Waals surface area contributed by atoms with Crippen LogP contribution < -0.4 is 5.73 Å². The maximum atomic E-state index is 12.3. The molecule has 0 saturated carbocycles. The molecule has 1 aliphatic heterocycles. The van der Waals surface area contributed by atoms with Gasteiger partial charge in [-0.3, -0.25) is 4.79 Å². The van der Waals surface area contributed by atoms with Gasteiger partial charge in [-0.25, -0.2) is 0 Å². The van der Waals surface area contributed by atoms with Crippen LogP contribution in [0.5, 0.6) is 0 Å². The Balaban J connectivity index is 0.00000220. The minimum absolute atomic E-state index is 0. The van der Waals surface area contributed by atoms with E-state index in [0.29, 0.717) is 6.42 Å². The van der Waals surface area contributed by atoms with Crippen molar-refractivity contribution in [2.24, 2.45) is 11.1 Å². The topological polar surface area (TPSA) is 46.3 Å². The Morgan fingerprint density at radius 1 is 1.52 bits per heavy atom. The van der Waals surface area contributed by atoms with Gasteiger partial charge in [0.15, 0.2) is 0 Å². The standard InChI is InChI=1S/C15H23BrN2OS.ClH/c1-15(2)10-18(9-8-12(15)17)14(19)5-3-4-11-6-7-13(16)20-11;/h6-7,12H,3-5,8-10,17H2,1-2H3;1H. The Bertz CT molecular complexity index is 478. The van der Waals surface area contributed by atoms with Crippen LogP contribution in [0.2, 0.25) is 0 Å². The average Bonchev–Trinajstić information content (AvgIpc) is 2.78. The van der Waals surface area contributed by atoms with E-state index in [4.69, 9.17) is 5.73 Å². The molecule has 0 aromatic carbocycles. The van der Waals surface area contributed by atoms with Crippen LogP contribution in [-0.4, -0.2) is 29.9 Å². The fraction of sp³-hybridized carbons (Fsp3) is 0.667. The van der Waals surface area contributed by atoms with Crippen LogP contribution in [0, 0.1) is 5.41 Å². The molecular weight excluding hydrogens is 372 g/mol. The van der Waals surface area contributed by atoms with Gasteiger partial charge in [0, 0.05) is 30.4 Å². The quantitative estimate of drug-likeness (QED) is 0.842. The third-order valence-electron chi connectivity index (χ3n) is 4.11. The van der Waals surface area contributed by atoms with Gasteiger partial charge in [-0.1, -0.05) is 13.8 Å². The maximum Gasteiger partial charge on any atom is 0.222 e. The molecule has 1 aromatic heterocycles. The first kappa shape index (κ1) is 18.9. The summed E-state index contributed by atoms with van der Waals surface area (Å²) in [7, 11) is 0. The van der Waals surface area contributed by atoms with Crippen molar-refractivity contribution in [3.8, 4) is 0 Å². The van der Waals surface area contributed by atoms with E-state index in [-0.39, 0.29) is 29.8 Å². The summed E-state index contributed by atoms with van der Waals surface area (Å²) in [4.78, 5) is 15.6. The Morgan fingerprint density at radius 2 is 2.24 bits per heavy atom. The molecule has 1 unspecified atom stereocenters. The van der Waals surface area contributed by atoms with Crippen molar-refractivity contribution in [1.29, 1.82) is 0 Å². The van der Waals surface area contributed by atoms with Crippen LogP contribution in [0.1, 0.15) is 38.0 Å². The third-order valence-corrected chi connectivity index (χ3v) is 5.79. The van der Waals surface area contributed by atoms with Crippen molar-refractivity contribution >= 4 is 45.6 Å². The lowest BCUT2D eigenvalue weighted by Crippen LogP contribution is -2.53. The van der Waals surface area contributed by atoms with Gasteiger partial charge >= 0.3 is 0 Å². The fourth-order valence-electron chi connectivity index (χ4n) is 2.64. The summed E-state index contributed by atoms with van der Waals surface area (Å²) in [5.74, 6) is 0.278. The van der Waals surface area contributed by atoms with Crippen LogP contribution in [-0.2, 0) is 11.2 Å². The number of nitrogens with zero attached hydrogens (tertiary/aromatic N) is 1. The zero-order valence-corrected chi connectivity index (χ0v) is 15.8. The Morgan fingerprint density at radius 3 is 2.81 bits per heavy atom. The lowest BCUT2D eigenvalue weighted by molar-refractivity contribution is -0.134. The number of carbonyl (C=O) groups excluding carboxylic acids is 1. The van der Waals surface area contributed by atoms with E-state index in [1.165, 1.54) is 4.88 Å². The van der Waals surface area contributed by atoms with Crippen molar-refractivity contribution in [3.63, 3.8) is 0 Å². The fourth-order valence-corrected chi connectivity index (χ4v) is 4.17. The molecule has 1 fully saturated rings. The SMILES string of the molecule is CC1(C)CN(C(=O)CCCc2ccc(Br)s2)CCC1N.Cl. The Kier molecular flexibility index (Phi) is 7.17. The number of likely N-dealkylation sites (tertiary alicyclic amines) is 1. The van der Waals surface area contributed by atoms with E-state index in [0.717, 1.165) is 36.1 Å². The summed E-state index contributed by atoms with van der Waals surface area (Å²) in [6, 6.07) is 4.40. The van der Waals surface area contributed by atoms with Gasteiger partial charge in [0.05, 0.1) is 3.79 Å². The smallest absolute Gasteiger partial charge is 0.222 e. The second-order valence-electron chi connectivity index (χ2n) is 6.26. The molecule has 3 nitrogen and oxygen atoms in total. The molecule has 6 heteroatoms. The summed E-state index contributed by atoms with van der Waals surface area (Å²) in [5, 5.41) is 0. The molecule has 2 N–H and O–H groups in total. The average molecular weight is 396 g/mol. The first-order chi connectivity index (χ1) is 9.38. The number of halogens is 2. The van der Waals surface area contributed by atoms with Gasteiger partial charge in [0.1, 0.15) is 0 Å². The summed E-state index contributed by atoms with van der Waals surface area (Å²) in [6.45, 7) is 5.91. The van der Waals surface area contributed by atoms with Gasteiger partial charge in [-0.2, -0.15) is 0 Å². The molecule has 1 aliphatic rings. The van der Waals surface area contributed by atoms with Crippen molar-refractivity contribution < 1.29 is 4.79 Å². The first-order valence-corrected chi connectivity index (χ1v) is 8.77. The minimum Gasteiger partial charge on any atom is -0.342 e. The van der Waals surface area contributed by atoms with Crippen LogP contribution in [0.25, 0.3) is 0 Å². The predicted molar refractivity (Wildman–Crippen MR) is 95.2 cm³/mol. The van der Waals surface area contributed by atoms with Crippen molar-refractivity contribution in [1.82, 2.24) is 4.90 Å². The number of amides is 1. The van der Waals surface area contributed by atoms with E-state index >= 15 is 0 Å². The van der Waals surface area contributed by atoms with E-state index in [1.807, 2.05) is 4.90 Å². The van der Waals surface area contributed by atoms with Crippen molar-refractivity contribution in [3.05, 3.63) is 20.8 Å². The lowest BCUT2D eigenvalue weighted by atomic mass is 9.79. The van der Waals surface area contributed by atoms with Crippen molar-refractivity contribution in [2.75, 3.05) is 13.1 Å². The van der Waals surface area contributed by atoms with E-state index in [1.54, 1.807) is 11.3 Å². The number of rotatable bonds is 4. The molecule has 2 rings (SSSR count). The van der Waals surface area contributed by atoms with E-state index in [9.17, 15) is 4.79 Å². The molecule has 21 heavy (non-hydrogen) atoms. The Labute approximate surface area is 145 Å². The molecule has 0 bridgehead atoms. The highest BCUT2D eigenvalue weighted by atomic mass is 79.9. The molecule has 0 spiro atoms. The van der Waals surface area contributed by atoms with Crippen LogP contribution >= 0.6 is 39.7 Å². The monoisotopic (exact) mass is 394 g/mol. The van der Waals surface area contributed by atoms with Gasteiger partial charge in [-0.05, 0) is 52.7 Å². The molecule has 1 atom stereocenters. The van der Waals surface area contributed by atoms with E-state index < -0.39 is 0 Å². The Hall–Kier alpha value is -0.100. The highest BCUT2D eigenvalue weighted by Crippen LogP contribution is 2.28. The lowest BCUT2D eigenvalue weighted by Gasteiger charge is -2.42. The second kappa shape index (κ2) is 7.95. The molecule has 0 aliphatic carbocycles. The minimum atomic E-state index is 0. The van der Waals surface area contributed by atoms with Gasteiger partial charge in [0.2, 0.25) is 5.91 Å². The molecule has 120 valence electrons. The summed E-state index contributed by atoms with van der Waals surface area (Å²) in [5.41, 5.74) is 6.15. The molecule has 1 saturated heterocycles. The second-order valence-corrected chi connectivity index (χ2v) is 8.81. The third kappa shape index (κ3) is 5.23. The van der Waals surface area contributed by atoms with Gasteiger partial charge < -0.3 is 10.6 Å². The molecule has 2 heterocycles. The predicted octanol–water partition coefficient (Wildman–Crippen LogP) is 3.84. The van der Waals surface area contributed by atoms with Crippen LogP contribution in [0.15, 0.2) is 15.9 Å². The molecule has 1 amide bonds. The summed E-state index contributed by atoms with van der Waals surface area (Å²) in [6.07, 6.45) is 3.46. The van der Waals surface area contributed by atoms with Gasteiger partial charge in [0.25, 0.3) is 0 Å². The van der Waals surface area contributed by atoms with Crippen LogP contribution in [0.3, 0.4) is 0 Å². The highest BCUT2D eigenvalue weighted by Gasteiger charge is 2.34. The number of thiophene rings is 1. The maximum absolute atomic E-state index is 12.3. The van der Waals surface area contributed by atoms with Crippen molar-refractivity contribution in [2.45, 2.75) is 45.6 Å². The largest absolute Gasteiger partial charge is 0.342 e. The normalized spacial score (nSPS) is 21.0. The molecule has 1 aromatic rings. The molecular formula is C15H24BrClN2OS. The number of hydrogen-bond donors (Lipinski definition) is 1. The number of hydrogen-bond acceptors (Lipinski definition) is 3. The highest BCUT2D eigenvalue weighted by molar-refractivity contribution is 9.11. The number of nitrogens with two attached hydrogens (primary N) is 1. The zero-order valence-electron chi connectivity index (χ0n) is 12.6. The zero-order chi connectivity index (χ0) is 14.8. The number of aryl methyl sites for hydroxylation is 1. The number of piperidine rings is 1. The summed E-state index contributed by atoms with van der Waals surface area (Å²) < 4.78 is 1.16. The number of carbonyl (C=O) groups is 1. The van der Waals surface area contributed by atoms with Crippen LogP contribution in [0.4, 0.5) is 0 Å². The first-order valence-electron chi connectivity index (χ1n) is 7.16. The van der Waals surface area contributed by atoms with Gasteiger partial charge in [-0.15, -0.1) is 23.7 Å². The molecule has 0 radical (unpaired) electrons. The van der Waals surface area contributed by atoms with E-state index in [2.05, 4.69) is 41.9 Å². The summed E-state index contributed by atoms with van der Waals surface area (Å²) >= 11 is 5.22.